The molecule has 0 radical (unpaired) electrons. The maximum absolute atomic E-state index is 12.3. The molecule has 1 N–H and O–H groups in total. The van der Waals surface area contributed by atoms with Gasteiger partial charge in [-0.1, -0.05) is 6.07 Å². The van der Waals surface area contributed by atoms with Gasteiger partial charge in [-0.05, 0) is 36.6 Å². The van der Waals surface area contributed by atoms with Crippen molar-refractivity contribution in [2.75, 3.05) is 21.3 Å². The topological polar surface area (TPSA) is 61.7 Å². The van der Waals surface area contributed by atoms with Gasteiger partial charge in [-0.3, -0.25) is 4.79 Å². The van der Waals surface area contributed by atoms with Crippen LogP contribution in [0.1, 0.15) is 30.5 Å². The van der Waals surface area contributed by atoms with E-state index < -0.39 is 0 Å². The molecular weight excluding hydrogens is 320 g/mol. The van der Waals surface area contributed by atoms with Crippen molar-refractivity contribution in [1.82, 2.24) is 9.88 Å². The van der Waals surface area contributed by atoms with E-state index in [2.05, 4.69) is 5.32 Å². The van der Waals surface area contributed by atoms with Gasteiger partial charge in [0.25, 0.3) is 0 Å². The molecule has 1 amide bonds. The fraction of sp³-hybridized carbons (Fsp3) is 0.421. The van der Waals surface area contributed by atoms with E-state index in [1.165, 1.54) is 0 Å². The van der Waals surface area contributed by atoms with Gasteiger partial charge in [0.1, 0.15) is 0 Å². The Morgan fingerprint density at radius 2 is 1.84 bits per heavy atom. The SMILES string of the molecule is COc1ccc(CCC(=O)NC(C)c2ccn(C)c2)c(OC)c1OC. The van der Waals surface area contributed by atoms with Crippen LogP contribution in [0.15, 0.2) is 30.6 Å². The predicted octanol–water partition coefficient (Wildman–Crippen LogP) is 2.86. The fourth-order valence-electron chi connectivity index (χ4n) is 2.79. The Kier molecular flexibility index (Phi) is 6.33. The Morgan fingerprint density at radius 1 is 1.12 bits per heavy atom. The first-order valence-electron chi connectivity index (χ1n) is 8.19. The van der Waals surface area contributed by atoms with Crippen LogP contribution in [-0.2, 0) is 18.3 Å². The predicted molar refractivity (Wildman–Crippen MR) is 96.4 cm³/mol. The van der Waals surface area contributed by atoms with E-state index in [9.17, 15) is 4.79 Å². The smallest absolute Gasteiger partial charge is 0.220 e. The second-order valence-corrected chi connectivity index (χ2v) is 5.89. The van der Waals surface area contributed by atoms with Crippen LogP contribution in [0.3, 0.4) is 0 Å². The van der Waals surface area contributed by atoms with Gasteiger partial charge in [0.15, 0.2) is 11.5 Å². The van der Waals surface area contributed by atoms with Gasteiger partial charge in [-0.25, -0.2) is 0 Å². The van der Waals surface area contributed by atoms with Gasteiger partial charge >= 0.3 is 0 Å². The number of carbonyl (C=O) groups excluding carboxylic acids is 1. The average molecular weight is 346 g/mol. The van der Waals surface area contributed by atoms with Gasteiger partial charge in [0, 0.05) is 25.9 Å². The van der Waals surface area contributed by atoms with Crippen LogP contribution in [0, 0.1) is 0 Å². The van der Waals surface area contributed by atoms with Gasteiger partial charge in [0.2, 0.25) is 11.7 Å². The molecule has 136 valence electrons. The molecule has 0 bridgehead atoms. The number of aromatic nitrogens is 1. The summed E-state index contributed by atoms with van der Waals surface area (Å²) in [7, 11) is 6.69. The van der Waals surface area contributed by atoms with Crippen molar-refractivity contribution in [2.45, 2.75) is 25.8 Å². The molecule has 1 atom stereocenters. The second kappa shape index (κ2) is 8.46. The molecule has 1 aromatic heterocycles. The highest BCUT2D eigenvalue weighted by molar-refractivity contribution is 5.77. The molecule has 1 unspecified atom stereocenters. The summed E-state index contributed by atoms with van der Waals surface area (Å²) in [5.41, 5.74) is 1.99. The molecule has 0 aliphatic heterocycles. The number of nitrogens with one attached hydrogen (secondary N) is 1. The van der Waals surface area contributed by atoms with E-state index in [0.717, 1.165) is 11.1 Å². The Bertz CT molecular complexity index is 724. The number of carbonyl (C=O) groups is 1. The number of rotatable bonds is 8. The molecule has 2 rings (SSSR count). The van der Waals surface area contributed by atoms with Crippen molar-refractivity contribution >= 4 is 5.91 Å². The average Bonchev–Trinajstić information content (AvgIpc) is 3.05. The Balaban J connectivity index is 2.01. The lowest BCUT2D eigenvalue weighted by Gasteiger charge is -2.16. The molecule has 25 heavy (non-hydrogen) atoms. The lowest BCUT2D eigenvalue weighted by molar-refractivity contribution is -0.121. The minimum atomic E-state index is -0.0269. The number of aryl methyl sites for hydroxylation is 2. The maximum Gasteiger partial charge on any atom is 0.220 e. The van der Waals surface area contributed by atoms with E-state index in [1.54, 1.807) is 21.3 Å². The first kappa shape index (κ1) is 18.7. The van der Waals surface area contributed by atoms with Crippen LogP contribution in [-0.4, -0.2) is 31.8 Å². The highest BCUT2D eigenvalue weighted by Crippen LogP contribution is 2.40. The van der Waals surface area contributed by atoms with Crippen molar-refractivity contribution in [3.63, 3.8) is 0 Å². The quantitative estimate of drug-likeness (QED) is 0.798. The number of hydrogen-bond acceptors (Lipinski definition) is 4. The van der Waals surface area contributed by atoms with Crippen LogP contribution in [0.25, 0.3) is 0 Å². The highest BCUT2D eigenvalue weighted by atomic mass is 16.5. The molecule has 0 aliphatic carbocycles. The first-order chi connectivity index (χ1) is 12.0. The van der Waals surface area contributed by atoms with E-state index in [4.69, 9.17) is 14.2 Å². The second-order valence-electron chi connectivity index (χ2n) is 5.89. The largest absolute Gasteiger partial charge is 0.493 e. The minimum absolute atomic E-state index is 0.00630. The summed E-state index contributed by atoms with van der Waals surface area (Å²) in [6.45, 7) is 1.98. The summed E-state index contributed by atoms with van der Waals surface area (Å²) in [5.74, 6) is 1.74. The number of amides is 1. The summed E-state index contributed by atoms with van der Waals surface area (Å²) in [4.78, 5) is 12.3. The fourth-order valence-corrected chi connectivity index (χ4v) is 2.79. The molecule has 0 fully saturated rings. The van der Waals surface area contributed by atoms with Crippen LogP contribution in [0.4, 0.5) is 0 Å². The van der Waals surface area contributed by atoms with Gasteiger partial charge in [-0.2, -0.15) is 0 Å². The summed E-state index contributed by atoms with van der Waals surface area (Å²) in [6, 6.07) is 5.69. The van der Waals surface area contributed by atoms with Crippen molar-refractivity contribution in [1.29, 1.82) is 0 Å². The highest BCUT2D eigenvalue weighted by Gasteiger charge is 2.17. The van der Waals surface area contributed by atoms with Gasteiger partial charge < -0.3 is 24.1 Å². The lowest BCUT2D eigenvalue weighted by atomic mass is 10.1. The number of methoxy groups -OCH3 is 3. The van der Waals surface area contributed by atoms with E-state index in [1.807, 2.05) is 49.1 Å². The van der Waals surface area contributed by atoms with Crippen molar-refractivity contribution < 1.29 is 19.0 Å². The monoisotopic (exact) mass is 346 g/mol. The van der Waals surface area contributed by atoms with Crippen molar-refractivity contribution in [3.05, 3.63) is 41.7 Å². The van der Waals surface area contributed by atoms with Crippen LogP contribution >= 0.6 is 0 Å². The summed E-state index contributed by atoms with van der Waals surface area (Å²) in [5, 5.41) is 3.02. The minimum Gasteiger partial charge on any atom is -0.493 e. The third kappa shape index (κ3) is 4.47. The Labute approximate surface area is 148 Å². The van der Waals surface area contributed by atoms with E-state index in [-0.39, 0.29) is 11.9 Å². The molecule has 1 aromatic carbocycles. The zero-order valence-electron chi connectivity index (χ0n) is 15.5. The third-order valence-corrected chi connectivity index (χ3v) is 4.14. The number of ether oxygens (including phenoxy) is 3. The molecule has 2 aromatic rings. The summed E-state index contributed by atoms with van der Waals surface area (Å²) >= 11 is 0. The van der Waals surface area contributed by atoms with E-state index >= 15 is 0 Å². The molecule has 0 saturated heterocycles. The molecule has 0 aliphatic rings. The molecular formula is C19H26N2O4. The first-order valence-corrected chi connectivity index (χ1v) is 8.19. The Hall–Kier alpha value is -2.63. The maximum atomic E-state index is 12.3. The normalized spacial score (nSPS) is 11.7. The summed E-state index contributed by atoms with van der Waals surface area (Å²) < 4.78 is 18.1. The lowest BCUT2D eigenvalue weighted by Crippen LogP contribution is -2.26. The Morgan fingerprint density at radius 3 is 2.40 bits per heavy atom. The van der Waals surface area contributed by atoms with Crippen LogP contribution in [0.5, 0.6) is 17.2 Å². The number of benzene rings is 1. The summed E-state index contributed by atoms with van der Waals surface area (Å²) in [6.07, 6.45) is 4.88. The molecule has 6 nitrogen and oxygen atoms in total. The molecule has 0 spiro atoms. The zero-order valence-corrected chi connectivity index (χ0v) is 15.5. The molecule has 1 heterocycles. The zero-order chi connectivity index (χ0) is 18.4. The molecule has 0 saturated carbocycles. The number of hydrogen-bond donors (Lipinski definition) is 1. The standard InChI is InChI=1S/C19H26N2O4/c1-13(15-10-11-21(2)12-15)20-17(22)9-7-14-6-8-16(23-3)19(25-5)18(14)24-4/h6,8,10-13H,7,9H2,1-5H3,(H,20,22). The van der Waals surface area contributed by atoms with Crippen LogP contribution < -0.4 is 19.5 Å². The van der Waals surface area contributed by atoms with E-state index in [0.29, 0.717) is 30.1 Å². The van der Waals surface area contributed by atoms with Crippen LogP contribution in [0.2, 0.25) is 0 Å². The number of nitrogens with zero attached hydrogens (tertiary/aromatic N) is 1. The van der Waals surface area contributed by atoms with Crippen molar-refractivity contribution in [3.8, 4) is 17.2 Å². The third-order valence-electron chi connectivity index (χ3n) is 4.14. The van der Waals surface area contributed by atoms with Gasteiger partial charge in [-0.15, -0.1) is 0 Å². The molecule has 6 heteroatoms. The van der Waals surface area contributed by atoms with Gasteiger partial charge in [0.05, 0.1) is 27.4 Å². The van der Waals surface area contributed by atoms with Crippen molar-refractivity contribution in [2.24, 2.45) is 7.05 Å².